The Morgan fingerprint density at radius 1 is 1.20 bits per heavy atom. The minimum atomic E-state index is -0.267. The molecular formula is C21H22N4O4S. The second-order valence-electron chi connectivity index (χ2n) is 6.56. The minimum absolute atomic E-state index is 0.139. The van der Waals surface area contributed by atoms with Crippen LogP contribution in [0.3, 0.4) is 0 Å². The number of carbonyl (C=O) groups excluding carboxylic acids is 1. The molecule has 3 aromatic rings. The van der Waals surface area contributed by atoms with E-state index in [2.05, 4.69) is 15.5 Å². The highest BCUT2D eigenvalue weighted by Gasteiger charge is 2.20. The van der Waals surface area contributed by atoms with Gasteiger partial charge in [-0.25, -0.2) is 0 Å². The van der Waals surface area contributed by atoms with Gasteiger partial charge >= 0.3 is 0 Å². The van der Waals surface area contributed by atoms with Crippen LogP contribution in [-0.2, 0) is 11.3 Å². The van der Waals surface area contributed by atoms with E-state index in [1.54, 1.807) is 18.2 Å². The largest absolute Gasteiger partial charge is 0.483 e. The summed E-state index contributed by atoms with van der Waals surface area (Å²) < 4.78 is 18.5. The number of ether oxygens (including phenoxy) is 3. The maximum atomic E-state index is 12.4. The van der Waals surface area contributed by atoms with E-state index >= 15 is 0 Å². The summed E-state index contributed by atoms with van der Waals surface area (Å²) in [5.41, 5.74) is 0.660. The number of nitrogens with zero attached hydrogens (tertiary/aromatic N) is 3. The van der Waals surface area contributed by atoms with Gasteiger partial charge in [-0.2, -0.15) is 0 Å². The first-order valence-electron chi connectivity index (χ1n) is 9.61. The van der Waals surface area contributed by atoms with E-state index in [-0.39, 0.29) is 24.6 Å². The molecule has 1 aromatic heterocycles. The number of rotatable bonds is 8. The van der Waals surface area contributed by atoms with Crippen molar-refractivity contribution in [2.45, 2.75) is 31.7 Å². The van der Waals surface area contributed by atoms with E-state index in [0.29, 0.717) is 28.9 Å². The molecule has 0 bridgehead atoms. The summed E-state index contributed by atoms with van der Waals surface area (Å²) in [5.74, 6) is 2.87. The van der Waals surface area contributed by atoms with E-state index in [1.165, 1.54) is 11.8 Å². The van der Waals surface area contributed by atoms with Crippen molar-refractivity contribution in [3.8, 4) is 17.2 Å². The van der Waals surface area contributed by atoms with Gasteiger partial charge in [0.25, 0.3) is 0 Å². The minimum Gasteiger partial charge on any atom is -0.483 e. The van der Waals surface area contributed by atoms with Crippen molar-refractivity contribution >= 4 is 23.4 Å². The quantitative estimate of drug-likeness (QED) is 0.547. The molecular weight excluding hydrogens is 404 g/mol. The highest BCUT2D eigenvalue weighted by Crippen LogP contribution is 2.34. The molecule has 1 aliphatic rings. The molecule has 0 spiro atoms. The number of benzene rings is 2. The average molecular weight is 426 g/mol. The molecule has 1 amide bonds. The first-order valence-corrected chi connectivity index (χ1v) is 10.6. The van der Waals surface area contributed by atoms with E-state index in [0.717, 1.165) is 11.6 Å². The number of hydrogen-bond acceptors (Lipinski definition) is 7. The summed E-state index contributed by atoms with van der Waals surface area (Å²) in [6, 6.07) is 14.9. The highest BCUT2D eigenvalue weighted by atomic mass is 32.2. The molecule has 1 N–H and O–H groups in total. The Balaban J connectivity index is 1.37. The van der Waals surface area contributed by atoms with Gasteiger partial charge in [0.1, 0.15) is 5.75 Å². The number of aromatic nitrogens is 3. The maximum Gasteiger partial charge on any atom is 0.234 e. The van der Waals surface area contributed by atoms with Gasteiger partial charge in [0, 0.05) is 18.3 Å². The van der Waals surface area contributed by atoms with Gasteiger partial charge in [0.05, 0.1) is 5.75 Å². The molecule has 1 aliphatic heterocycles. The van der Waals surface area contributed by atoms with Crippen LogP contribution in [0.1, 0.15) is 25.8 Å². The molecule has 156 valence electrons. The van der Waals surface area contributed by atoms with Crippen LogP contribution in [0.15, 0.2) is 53.7 Å². The normalized spacial score (nSPS) is 13.1. The topological polar surface area (TPSA) is 87.5 Å². The van der Waals surface area contributed by atoms with Crippen LogP contribution in [0, 0.1) is 0 Å². The fraction of sp³-hybridized carbons (Fsp3) is 0.286. The van der Waals surface area contributed by atoms with Crippen molar-refractivity contribution in [3.63, 3.8) is 0 Å². The van der Waals surface area contributed by atoms with Gasteiger partial charge < -0.3 is 24.1 Å². The summed E-state index contributed by atoms with van der Waals surface area (Å²) >= 11 is 1.33. The van der Waals surface area contributed by atoms with E-state index in [4.69, 9.17) is 14.2 Å². The standard InChI is InChI=1S/C21H22N4O4S/c1-3-25-20(14(2)29-16-7-5-4-6-8-16)23-24-21(25)30-12-19(26)22-15-9-10-17-18(11-15)28-13-27-17/h4-11,14H,3,12-13H2,1-2H3,(H,22,26)/t14-/m0/s1. The third-order valence-corrected chi connectivity index (χ3v) is 5.44. The summed E-state index contributed by atoms with van der Waals surface area (Å²) in [7, 11) is 0. The SMILES string of the molecule is CCn1c(SCC(=O)Nc2ccc3c(c2)OCO3)nnc1[C@H](C)Oc1ccccc1. The summed E-state index contributed by atoms with van der Waals surface area (Å²) in [6.45, 7) is 4.82. The van der Waals surface area contributed by atoms with Crippen LogP contribution in [0.25, 0.3) is 0 Å². The first-order chi connectivity index (χ1) is 14.6. The van der Waals surface area contributed by atoms with Crippen LogP contribution < -0.4 is 19.5 Å². The van der Waals surface area contributed by atoms with Gasteiger partial charge in [0.2, 0.25) is 12.7 Å². The van der Waals surface area contributed by atoms with Crippen LogP contribution in [-0.4, -0.2) is 33.2 Å². The molecule has 0 aliphatic carbocycles. The van der Waals surface area contributed by atoms with Crippen molar-refractivity contribution < 1.29 is 19.0 Å². The Morgan fingerprint density at radius 2 is 2.00 bits per heavy atom. The van der Waals surface area contributed by atoms with E-state index in [9.17, 15) is 4.79 Å². The van der Waals surface area contributed by atoms with Crippen LogP contribution in [0.2, 0.25) is 0 Å². The molecule has 0 radical (unpaired) electrons. The molecule has 0 saturated carbocycles. The lowest BCUT2D eigenvalue weighted by molar-refractivity contribution is -0.113. The lowest BCUT2D eigenvalue weighted by atomic mass is 10.3. The number of fused-ring (bicyclic) bond motifs is 1. The van der Waals surface area contributed by atoms with Gasteiger partial charge in [-0.1, -0.05) is 30.0 Å². The van der Waals surface area contributed by atoms with Crippen molar-refractivity contribution in [2.75, 3.05) is 17.9 Å². The molecule has 9 heteroatoms. The van der Waals surface area contributed by atoms with Crippen LogP contribution in [0.4, 0.5) is 5.69 Å². The molecule has 2 aromatic carbocycles. The number of carbonyl (C=O) groups is 1. The molecule has 0 fully saturated rings. The first kappa shape index (κ1) is 20.1. The Morgan fingerprint density at radius 3 is 2.80 bits per heavy atom. The van der Waals surface area contributed by atoms with Crippen LogP contribution in [0.5, 0.6) is 17.2 Å². The number of amides is 1. The predicted molar refractivity (Wildman–Crippen MR) is 113 cm³/mol. The third-order valence-electron chi connectivity index (χ3n) is 4.47. The van der Waals surface area contributed by atoms with Crippen molar-refractivity contribution in [3.05, 3.63) is 54.4 Å². The van der Waals surface area contributed by atoms with Gasteiger partial charge in [-0.3, -0.25) is 4.79 Å². The zero-order valence-corrected chi connectivity index (χ0v) is 17.5. The third kappa shape index (κ3) is 4.51. The second kappa shape index (κ2) is 9.08. The molecule has 2 heterocycles. The number of anilines is 1. The van der Waals surface area contributed by atoms with E-state index in [1.807, 2.05) is 48.7 Å². The van der Waals surface area contributed by atoms with Crippen molar-refractivity contribution in [1.29, 1.82) is 0 Å². The molecule has 0 unspecified atom stereocenters. The van der Waals surface area contributed by atoms with E-state index < -0.39 is 0 Å². The van der Waals surface area contributed by atoms with Crippen molar-refractivity contribution in [1.82, 2.24) is 14.8 Å². The number of para-hydroxylation sites is 1. The maximum absolute atomic E-state index is 12.4. The van der Waals surface area contributed by atoms with Crippen LogP contribution >= 0.6 is 11.8 Å². The van der Waals surface area contributed by atoms with Crippen molar-refractivity contribution in [2.24, 2.45) is 0 Å². The Labute approximate surface area is 178 Å². The fourth-order valence-electron chi connectivity index (χ4n) is 3.06. The average Bonchev–Trinajstić information content (AvgIpc) is 3.39. The van der Waals surface area contributed by atoms with Gasteiger partial charge in [-0.15, -0.1) is 10.2 Å². The second-order valence-corrected chi connectivity index (χ2v) is 7.51. The summed E-state index contributed by atoms with van der Waals surface area (Å²) in [5, 5.41) is 12.1. The zero-order chi connectivity index (χ0) is 20.9. The molecule has 1 atom stereocenters. The van der Waals surface area contributed by atoms with Gasteiger partial charge in [-0.05, 0) is 38.1 Å². The Hall–Kier alpha value is -3.20. The number of thioether (sulfide) groups is 1. The molecule has 8 nitrogen and oxygen atoms in total. The number of hydrogen-bond donors (Lipinski definition) is 1. The molecule has 30 heavy (non-hydrogen) atoms. The molecule has 0 saturated heterocycles. The lowest BCUT2D eigenvalue weighted by Crippen LogP contribution is -2.15. The lowest BCUT2D eigenvalue weighted by Gasteiger charge is -2.15. The Bertz CT molecular complexity index is 1030. The molecule has 4 rings (SSSR count). The smallest absolute Gasteiger partial charge is 0.234 e. The number of nitrogens with one attached hydrogen (secondary N) is 1. The highest BCUT2D eigenvalue weighted by molar-refractivity contribution is 7.99. The summed E-state index contributed by atoms with van der Waals surface area (Å²) in [4.78, 5) is 12.4. The predicted octanol–water partition coefficient (Wildman–Crippen LogP) is 3.90. The van der Waals surface area contributed by atoms with Gasteiger partial charge in [0.15, 0.2) is 28.6 Å². The summed E-state index contributed by atoms with van der Waals surface area (Å²) in [6.07, 6.45) is -0.267. The Kier molecular flexibility index (Phi) is 6.08. The fourth-order valence-corrected chi connectivity index (χ4v) is 3.87. The zero-order valence-electron chi connectivity index (χ0n) is 16.7. The monoisotopic (exact) mass is 426 g/mol.